The maximum Gasteiger partial charge on any atom is 0.0792 e. The van der Waals surface area contributed by atoms with Crippen LogP contribution in [-0.2, 0) is 13.0 Å². The molecule has 1 aromatic rings. The number of aliphatic hydroxyl groups is 1. The number of nitrogens with one attached hydrogen (secondary N) is 1. The first-order valence-electron chi connectivity index (χ1n) is 7.17. The third-order valence-electron chi connectivity index (χ3n) is 3.62. The van der Waals surface area contributed by atoms with Crippen LogP contribution in [0, 0.1) is 5.92 Å². The lowest BCUT2D eigenvalue weighted by atomic mass is 9.98. The zero-order valence-electron chi connectivity index (χ0n) is 11.6. The maximum atomic E-state index is 10.2. The van der Waals surface area contributed by atoms with Gasteiger partial charge in [-0.25, -0.2) is 0 Å². The molecule has 0 saturated carbocycles. The molecule has 0 aliphatic heterocycles. The number of benzene rings is 1. The molecule has 1 aliphatic carbocycles. The molecule has 1 unspecified atom stereocenters. The predicted molar refractivity (Wildman–Crippen MR) is 75.5 cm³/mol. The third kappa shape index (κ3) is 3.56. The topological polar surface area (TPSA) is 32.3 Å². The Morgan fingerprint density at radius 3 is 2.94 bits per heavy atom. The van der Waals surface area contributed by atoms with Gasteiger partial charge in [0.25, 0.3) is 0 Å². The number of hydrogen-bond acceptors (Lipinski definition) is 2. The van der Waals surface area contributed by atoms with Crippen LogP contribution in [0.4, 0.5) is 0 Å². The van der Waals surface area contributed by atoms with Crippen molar-refractivity contribution in [2.75, 3.05) is 6.54 Å². The van der Waals surface area contributed by atoms with Crippen LogP contribution in [0.1, 0.15) is 55.9 Å². The summed E-state index contributed by atoms with van der Waals surface area (Å²) in [5.41, 5.74) is 3.79. The molecule has 18 heavy (non-hydrogen) atoms. The molecular weight excluding hydrogens is 222 g/mol. The molecule has 2 nitrogen and oxygen atoms in total. The molecular formula is C16H25NO. The van der Waals surface area contributed by atoms with Gasteiger partial charge >= 0.3 is 0 Å². The molecule has 1 atom stereocenters. The highest BCUT2D eigenvalue weighted by atomic mass is 16.3. The van der Waals surface area contributed by atoms with Gasteiger partial charge in [0.05, 0.1) is 6.10 Å². The molecule has 2 rings (SSSR count). The number of rotatable bonds is 4. The summed E-state index contributed by atoms with van der Waals surface area (Å²) in [5, 5.41) is 13.6. The minimum absolute atomic E-state index is 0.257. The lowest BCUT2D eigenvalue weighted by Gasteiger charge is -2.14. The number of fused-ring (bicyclic) bond motifs is 1. The van der Waals surface area contributed by atoms with Crippen molar-refractivity contribution in [3.8, 4) is 0 Å². The van der Waals surface area contributed by atoms with Gasteiger partial charge in [-0.15, -0.1) is 0 Å². The molecule has 0 bridgehead atoms. The first-order valence-corrected chi connectivity index (χ1v) is 7.17. The summed E-state index contributed by atoms with van der Waals surface area (Å²) in [6.07, 6.45) is 4.11. The van der Waals surface area contributed by atoms with Gasteiger partial charge in [-0.3, -0.25) is 0 Å². The first kappa shape index (κ1) is 13.6. The fourth-order valence-corrected chi connectivity index (χ4v) is 2.61. The molecule has 100 valence electrons. The molecule has 0 amide bonds. The molecule has 0 heterocycles. The van der Waals surface area contributed by atoms with Gasteiger partial charge in [0.15, 0.2) is 0 Å². The van der Waals surface area contributed by atoms with E-state index in [0.29, 0.717) is 5.92 Å². The van der Waals surface area contributed by atoms with Crippen LogP contribution in [0.25, 0.3) is 0 Å². The largest absolute Gasteiger partial charge is 0.388 e. The molecule has 0 saturated heterocycles. The average molecular weight is 247 g/mol. The minimum Gasteiger partial charge on any atom is -0.388 e. The Morgan fingerprint density at radius 2 is 2.17 bits per heavy atom. The molecule has 0 spiro atoms. The summed E-state index contributed by atoms with van der Waals surface area (Å²) in [6, 6.07) is 6.60. The van der Waals surface area contributed by atoms with Crippen LogP contribution in [0.2, 0.25) is 0 Å². The fraction of sp³-hybridized carbons (Fsp3) is 0.625. The van der Waals surface area contributed by atoms with E-state index in [4.69, 9.17) is 0 Å². The minimum atomic E-state index is -0.257. The van der Waals surface area contributed by atoms with Crippen LogP contribution in [0.3, 0.4) is 0 Å². The maximum absolute atomic E-state index is 10.2. The van der Waals surface area contributed by atoms with Crippen LogP contribution < -0.4 is 5.32 Å². The molecule has 0 fully saturated rings. The Bertz CT molecular complexity index is 387. The Morgan fingerprint density at radius 1 is 1.33 bits per heavy atom. The smallest absolute Gasteiger partial charge is 0.0792 e. The van der Waals surface area contributed by atoms with E-state index < -0.39 is 0 Å². The van der Waals surface area contributed by atoms with Crippen LogP contribution in [-0.4, -0.2) is 11.7 Å². The Balaban J connectivity index is 2.05. The second-order valence-electron chi connectivity index (χ2n) is 5.82. The normalized spacial score (nSPS) is 19.7. The van der Waals surface area contributed by atoms with Gasteiger partial charge in [0, 0.05) is 6.54 Å². The zero-order valence-corrected chi connectivity index (χ0v) is 11.6. The van der Waals surface area contributed by atoms with E-state index in [1.807, 2.05) is 0 Å². The molecule has 0 radical (unpaired) electrons. The van der Waals surface area contributed by atoms with E-state index >= 15 is 0 Å². The van der Waals surface area contributed by atoms with Crippen molar-refractivity contribution in [1.82, 2.24) is 5.32 Å². The SMILES string of the molecule is CC(C)CNCc1ccc2c(c1)C(O)CCCC2. The van der Waals surface area contributed by atoms with Crippen molar-refractivity contribution in [1.29, 1.82) is 0 Å². The van der Waals surface area contributed by atoms with Crippen molar-refractivity contribution < 1.29 is 5.11 Å². The molecule has 1 aliphatic rings. The van der Waals surface area contributed by atoms with Crippen molar-refractivity contribution in [3.05, 3.63) is 34.9 Å². The monoisotopic (exact) mass is 247 g/mol. The quantitative estimate of drug-likeness (QED) is 0.801. The van der Waals surface area contributed by atoms with Crippen molar-refractivity contribution in [2.24, 2.45) is 5.92 Å². The third-order valence-corrected chi connectivity index (χ3v) is 3.62. The van der Waals surface area contributed by atoms with Gasteiger partial charge in [0.1, 0.15) is 0 Å². The highest BCUT2D eigenvalue weighted by Gasteiger charge is 2.16. The van der Waals surface area contributed by atoms with Crippen LogP contribution >= 0.6 is 0 Å². The highest BCUT2D eigenvalue weighted by molar-refractivity contribution is 5.34. The van der Waals surface area contributed by atoms with E-state index in [1.54, 1.807) is 0 Å². The summed E-state index contributed by atoms with van der Waals surface area (Å²) in [6.45, 7) is 6.37. The Hall–Kier alpha value is -0.860. The van der Waals surface area contributed by atoms with Crippen molar-refractivity contribution in [3.63, 3.8) is 0 Å². The number of hydrogen-bond donors (Lipinski definition) is 2. The van der Waals surface area contributed by atoms with Gasteiger partial charge in [-0.2, -0.15) is 0 Å². The molecule has 0 aromatic heterocycles. The summed E-state index contributed by atoms with van der Waals surface area (Å²) in [4.78, 5) is 0. The van der Waals surface area contributed by atoms with E-state index in [2.05, 4.69) is 37.4 Å². The summed E-state index contributed by atoms with van der Waals surface area (Å²) < 4.78 is 0. The number of aliphatic hydroxyl groups excluding tert-OH is 1. The molecule has 2 N–H and O–H groups in total. The van der Waals surface area contributed by atoms with Gasteiger partial charge in [-0.05, 0) is 48.4 Å². The Labute approximate surface area is 110 Å². The second-order valence-corrected chi connectivity index (χ2v) is 5.82. The van der Waals surface area contributed by atoms with Crippen molar-refractivity contribution >= 4 is 0 Å². The summed E-state index contributed by atoms with van der Waals surface area (Å²) in [5.74, 6) is 0.677. The van der Waals surface area contributed by atoms with Crippen molar-refractivity contribution in [2.45, 2.75) is 52.2 Å². The summed E-state index contributed by atoms with van der Waals surface area (Å²) in [7, 11) is 0. The fourth-order valence-electron chi connectivity index (χ4n) is 2.61. The highest BCUT2D eigenvalue weighted by Crippen LogP contribution is 2.29. The van der Waals surface area contributed by atoms with Gasteiger partial charge < -0.3 is 10.4 Å². The van der Waals surface area contributed by atoms with Gasteiger partial charge in [0.2, 0.25) is 0 Å². The zero-order chi connectivity index (χ0) is 13.0. The van der Waals surface area contributed by atoms with Crippen LogP contribution in [0.5, 0.6) is 0 Å². The Kier molecular flexibility index (Phi) is 4.79. The van der Waals surface area contributed by atoms with E-state index in [0.717, 1.165) is 37.9 Å². The van der Waals surface area contributed by atoms with Crippen LogP contribution in [0.15, 0.2) is 18.2 Å². The van der Waals surface area contributed by atoms with E-state index in [-0.39, 0.29) is 6.10 Å². The average Bonchev–Trinajstić information content (AvgIpc) is 2.51. The summed E-state index contributed by atoms with van der Waals surface area (Å²) >= 11 is 0. The standard InChI is InChI=1S/C16H25NO/c1-12(2)10-17-11-13-7-8-14-5-3-4-6-16(18)15(14)9-13/h7-9,12,16-18H,3-6,10-11H2,1-2H3. The first-order chi connectivity index (χ1) is 8.66. The number of aryl methyl sites for hydroxylation is 1. The van der Waals surface area contributed by atoms with Gasteiger partial charge in [-0.1, -0.05) is 38.5 Å². The molecule has 1 aromatic carbocycles. The lowest BCUT2D eigenvalue weighted by Crippen LogP contribution is -2.19. The predicted octanol–water partition coefficient (Wildman–Crippen LogP) is 3.19. The van der Waals surface area contributed by atoms with E-state index in [9.17, 15) is 5.11 Å². The van der Waals surface area contributed by atoms with E-state index in [1.165, 1.54) is 17.5 Å². The molecule has 2 heteroatoms. The lowest BCUT2D eigenvalue weighted by molar-refractivity contribution is 0.166. The second kappa shape index (κ2) is 6.35.